The maximum Gasteiger partial charge on any atom is -0.00489 e. The van der Waals surface area contributed by atoms with Crippen LogP contribution in [0.1, 0.15) is 72.1 Å². The van der Waals surface area contributed by atoms with Gasteiger partial charge in [0.25, 0.3) is 0 Å². The van der Waals surface area contributed by atoms with E-state index in [2.05, 4.69) is 44.3 Å². The van der Waals surface area contributed by atoms with Gasteiger partial charge in [-0.25, -0.2) is 0 Å². The molecule has 2 aliphatic rings. The van der Waals surface area contributed by atoms with E-state index in [1.165, 1.54) is 64.5 Å². The van der Waals surface area contributed by atoms with Gasteiger partial charge in [0.1, 0.15) is 0 Å². The Hall–Kier alpha value is -0.560. The molecule has 1 heterocycles. The summed E-state index contributed by atoms with van der Waals surface area (Å²) in [6.07, 6.45) is 17.8. The first-order valence-corrected chi connectivity index (χ1v) is 8.20. The zero-order chi connectivity index (χ0) is 14.0. The molecule has 1 N–H and O–H groups in total. The lowest BCUT2D eigenvalue weighted by molar-refractivity contribution is 0.267. The van der Waals surface area contributed by atoms with Crippen LogP contribution in [-0.4, -0.2) is 13.1 Å². The van der Waals surface area contributed by atoms with E-state index in [9.17, 15) is 0 Å². The van der Waals surface area contributed by atoms with Crippen LogP contribution in [-0.2, 0) is 0 Å². The highest BCUT2D eigenvalue weighted by Crippen LogP contribution is 2.41. The summed E-state index contributed by atoms with van der Waals surface area (Å²) in [5.74, 6) is 0. The van der Waals surface area contributed by atoms with Crippen LogP contribution < -0.4 is 5.32 Å². The summed E-state index contributed by atoms with van der Waals surface area (Å²) in [6.45, 7) is 9.28. The molecule has 0 spiro atoms. The normalized spacial score (nSPS) is 23.8. The number of nitrogens with one attached hydrogen (secondary N) is 1. The first-order chi connectivity index (χ1) is 9.19. The van der Waals surface area contributed by atoms with Crippen molar-refractivity contribution in [2.75, 3.05) is 13.1 Å². The molecule has 0 atom stereocenters. The SMILES string of the molecule is C/C=C\C=C(/C)C1(C)CCCCC1.C1CCNCC1. The van der Waals surface area contributed by atoms with Gasteiger partial charge in [0.05, 0.1) is 0 Å². The summed E-state index contributed by atoms with van der Waals surface area (Å²) in [7, 11) is 0. The van der Waals surface area contributed by atoms with Crippen molar-refractivity contribution in [1.82, 2.24) is 5.32 Å². The summed E-state index contributed by atoms with van der Waals surface area (Å²) in [5, 5.41) is 3.28. The van der Waals surface area contributed by atoms with Crippen LogP contribution in [0, 0.1) is 5.41 Å². The molecule has 110 valence electrons. The van der Waals surface area contributed by atoms with Gasteiger partial charge in [-0.1, -0.05) is 56.4 Å². The molecule has 1 aliphatic heterocycles. The van der Waals surface area contributed by atoms with Gasteiger partial charge in [0.2, 0.25) is 0 Å². The first-order valence-electron chi connectivity index (χ1n) is 8.20. The maximum atomic E-state index is 3.28. The van der Waals surface area contributed by atoms with Gasteiger partial charge in [-0.3, -0.25) is 0 Å². The van der Waals surface area contributed by atoms with Crippen LogP contribution in [0.2, 0.25) is 0 Å². The van der Waals surface area contributed by atoms with Gasteiger partial charge in [0, 0.05) is 0 Å². The van der Waals surface area contributed by atoms with Crippen molar-refractivity contribution in [3.63, 3.8) is 0 Å². The Balaban J connectivity index is 0.000000250. The Bertz CT molecular complexity index is 267. The van der Waals surface area contributed by atoms with E-state index in [0.717, 1.165) is 0 Å². The number of hydrogen-bond acceptors (Lipinski definition) is 1. The minimum absolute atomic E-state index is 0.498. The summed E-state index contributed by atoms with van der Waals surface area (Å²) in [5.41, 5.74) is 2.06. The molecule has 1 saturated heterocycles. The standard InChI is InChI=1S/C13H22.C5H11N/c1-4-5-9-12(2)13(3)10-7-6-8-11-13;1-2-4-6-5-3-1/h4-5,9H,6-8,10-11H2,1-3H3;6H,1-5H2/b5-4-,12-9+;. The second kappa shape index (κ2) is 9.36. The molecule has 0 unspecified atom stereocenters. The average molecular weight is 263 g/mol. The van der Waals surface area contributed by atoms with Crippen molar-refractivity contribution in [1.29, 1.82) is 0 Å². The van der Waals surface area contributed by atoms with E-state index in [1.54, 1.807) is 5.57 Å². The van der Waals surface area contributed by atoms with Crippen LogP contribution in [0.25, 0.3) is 0 Å². The van der Waals surface area contributed by atoms with Gasteiger partial charge in [0.15, 0.2) is 0 Å². The smallest absolute Gasteiger partial charge is 0.00489 e. The minimum atomic E-state index is 0.498. The van der Waals surface area contributed by atoms with E-state index in [4.69, 9.17) is 0 Å². The molecule has 1 heteroatoms. The summed E-state index contributed by atoms with van der Waals surface area (Å²) in [6, 6.07) is 0. The average Bonchev–Trinajstić information content (AvgIpc) is 2.48. The number of rotatable bonds is 2. The van der Waals surface area contributed by atoms with Crippen LogP contribution in [0.4, 0.5) is 0 Å². The summed E-state index contributed by atoms with van der Waals surface area (Å²) in [4.78, 5) is 0. The highest BCUT2D eigenvalue weighted by atomic mass is 14.9. The van der Waals surface area contributed by atoms with Gasteiger partial charge < -0.3 is 5.32 Å². The fraction of sp³-hybridized carbons (Fsp3) is 0.778. The molecule has 0 aromatic rings. The van der Waals surface area contributed by atoms with Crippen molar-refractivity contribution in [3.05, 3.63) is 23.8 Å². The van der Waals surface area contributed by atoms with Crippen LogP contribution in [0.5, 0.6) is 0 Å². The van der Waals surface area contributed by atoms with Crippen LogP contribution >= 0.6 is 0 Å². The lowest BCUT2D eigenvalue weighted by Crippen LogP contribution is -2.21. The number of piperidine rings is 1. The fourth-order valence-electron chi connectivity index (χ4n) is 2.97. The molecule has 1 aliphatic carbocycles. The van der Waals surface area contributed by atoms with E-state index in [1.807, 2.05) is 0 Å². The molecule has 0 bridgehead atoms. The van der Waals surface area contributed by atoms with E-state index in [0.29, 0.717) is 5.41 Å². The molecule has 0 amide bonds. The molecule has 1 nitrogen and oxygen atoms in total. The van der Waals surface area contributed by atoms with E-state index in [-0.39, 0.29) is 0 Å². The molecule has 0 radical (unpaired) electrons. The highest BCUT2D eigenvalue weighted by molar-refractivity contribution is 5.17. The van der Waals surface area contributed by atoms with Crippen molar-refractivity contribution in [2.24, 2.45) is 5.41 Å². The molecular formula is C18H33N. The minimum Gasteiger partial charge on any atom is -0.317 e. The summed E-state index contributed by atoms with van der Waals surface area (Å²) < 4.78 is 0. The Morgan fingerprint density at radius 1 is 0.947 bits per heavy atom. The molecule has 0 aromatic heterocycles. The topological polar surface area (TPSA) is 12.0 Å². The van der Waals surface area contributed by atoms with Crippen molar-refractivity contribution >= 4 is 0 Å². The molecular weight excluding hydrogens is 230 g/mol. The third-order valence-corrected chi connectivity index (χ3v) is 4.65. The van der Waals surface area contributed by atoms with Gasteiger partial charge in [-0.2, -0.15) is 0 Å². The van der Waals surface area contributed by atoms with Gasteiger partial charge in [-0.05, 0) is 58.0 Å². The van der Waals surface area contributed by atoms with Crippen LogP contribution in [0.15, 0.2) is 23.8 Å². The lowest BCUT2D eigenvalue weighted by atomic mass is 9.71. The predicted molar refractivity (Wildman–Crippen MR) is 86.5 cm³/mol. The van der Waals surface area contributed by atoms with Crippen molar-refractivity contribution < 1.29 is 0 Å². The zero-order valence-electron chi connectivity index (χ0n) is 13.3. The molecule has 0 aromatic carbocycles. The maximum absolute atomic E-state index is 3.28. The van der Waals surface area contributed by atoms with Gasteiger partial charge in [-0.15, -0.1) is 0 Å². The summed E-state index contributed by atoms with van der Waals surface area (Å²) >= 11 is 0. The van der Waals surface area contributed by atoms with E-state index < -0.39 is 0 Å². The lowest BCUT2D eigenvalue weighted by Gasteiger charge is -2.34. The third-order valence-electron chi connectivity index (χ3n) is 4.65. The van der Waals surface area contributed by atoms with Crippen LogP contribution in [0.3, 0.4) is 0 Å². The number of allylic oxidation sites excluding steroid dienone is 4. The zero-order valence-corrected chi connectivity index (χ0v) is 13.3. The largest absolute Gasteiger partial charge is 0.317 e. The number of hydrogen-bond donors (Lipinski definition) is 1. The first kappa shape index (κ1) is 16.5. The second-order valence-corrected chi connectivity index (χ2v) is 6.31. The van der Waals surface area contributed by atoms with E-state index >= 15 is 0 Å². The second-order valence-electron chi connectivity index (χ2n) is 6.31. The molecule has 1 saturated carbocycles. The quantitative estimate of drug-likeness (QED) is 0.672. The van der Waals surface area contributed by atoms with Gasteiger partial charge >= 0.3 is 0 Å². The molecule has 19 heavy (non-hydrogen) atoms. The Morgan fingerprint density at radius 3 is 1.95 bits per heavy atom. The third kappa shape index (κ3) is 6.42. The van der Waals surface area contributed by atoms with Crippen molar-refractivity contribution in [2.45, 2.75) is 72.1 Å². The fourth-order valence-corrected chi connectivity index (χ4v) is 2.97. The van der Waals surface area contributed by atoms with Crippen molar-refractivity contribution in [3.8, 4) is 0 Å². The molecule has 2 fully saturated rings. The molecule has 2 rings (SSSR count). The predicted octanol–water partition coefficient (Wildman–Crippen LogP) is 5.24. The Morgan fingerprint density at radius 2 is 1.53 bits per heavy atom. The Labute approximate surface area is 120 Å². The highest BCUT2D eigenvalue weighted by Gasteiger charge is 2.27. The monoisotopic (exact) mass is 263 g/mol. The Kier molecular flexibility index (Phi) is 8.13.